The van der Waals surface area contributed by atoms with Crippen LogP contribution in [0.1, 0.15) is 36.9 Å². The van der Waals surface area contributed by atoms with Crippen molar-refractivity contribution in [2.45, 2.75) is 39.8 Å². The molecule has 0 aliphatic carbocycles. The Morgan fingerprint density at radius 3 is 2.67 bits per heavy atom. The van der Waals surface area contributed by atoms with Crippen molar-refractivity contribution in [2.24, 2.45) is 16.1 Å². The van der Waals surface area contributed by atoms with Gasteiger partial charge >= 0.3 is 0 Å². The topological polar surface area (TPSA) is 83.6 Å². The van der Waals surface area contributed by atoms with E-state index in [4.69, 9.17) is 5.73 Å². The zero-order chi connectivity index (χ0) is 20.0. The number of hydrogen-bond donors (Lipinski definition) is 2. The van der Waals surface area contributed by atoms with E-state index in [1.54, 1.807) is 56.8 Å². The fourth-order valence-electron chi connectivity index (χ4n) is 3.26. The predicted molar refractivity (Wildman–Crippen MR) is 106 cm³/mol. The molecule has 1 aromatic carbocycles. The molecule has 27 heavy (non-hydrogen) atoms. The third-order valence-electron chi connectivity index (χ3n) is 5.53. The highest BCUT2D eigenvalue weighted by Crippen LogP contribution is 2.47. The molecular weight excluding hydrogens is 365 g/mol. The van der Waals surface area contributed by atoms with Gasteiger partial charge in [0, 0.05) is 23.2 Å². The molecule has 1 aliphatic rings. The van der Waals surface area contributed by atoms with Gasteiger partial charge < -0.3 is 11.1 Å². The van der Waals surface area contributed by atoms with Crippen LogP contribution in [0, 0.1) is 18.2 Å². The van der Waals surface area contributed by atoms with Crippen LogP contribution >= 0.6 is 11.3 Å². The summed E-state index contributed by atoms with van der Waals surface area (Å²) in [5.74, 6) is -0.533. The lowest BCUT2D eigenvalue weighted by molar-refractivity contribution is -0.140. The molecule has 1 amide bonds. The number of guanidine groups is 1. The van der Waals surface area contributed by atoms with Crippen LogP contribution in [0.4, 0.5) is 10.1 Å². The number of rotatable bonds is 4. The van der Waals surface area contributed by atoms with Gasteiger partial charge in [0.05, 0.1) is 23.2 Å². The van der Waals surface area contributed by atoms with Crippen LogP contribution in [0.15, 0.2) is 28.7 Å². The molecule has 1 unspecified atom stereocenters. The van der Waals surface area contributed by atoms with Crippen LogP contribution in [-0.2, 0) is 16.9 Å². The van der Waals surface area contributed by atoms with E-state index < -0.39 is 16.8 Å². The molecule has 3 N–H and O–H groups in total. The van der Waals surface area contributed by atoms with E-state index >= 15 is 0 Å². The van der Waals surface area contributed by atoms with E-state index in [9.17, 15) is 9.18 Å². The summed E-state index contributed by atoms with van der Waals surface area (Å²) in [5, 5.41) is 3.30. The largest absolute Gasteiger partial charge is 0.380 e. The predicted octanol–water partition coefficient (Wildman–Crippen LogP) is 3.23. The summed E-state index contributed by atoms with van der Waals surface area (Å²) in [6.07, 6.45) is 0. The number of benzene rings is 1. The van der Waals surface area contributed by atoms with E-state index in [-0.39, 0.29) is 11.9 Å². The minimum atomic E-state index is -1.12. The number of thiazole rings is 1. The highest BCUT2D eigenvalue weighted by Gasteiger charge is 2.53. The second-order valence-corrected chi connectivity index (χ2v) is 8.38. The third kappa shape index (κ3) is 3.07. The Bertz CT molecular complexity index is 923. The molecule has 2 heterocycles. The number of nitrogens with two attached hydrogens (primary N) is 1. The number of halogens is 1. The number of carbonyl (C=O) groups is 1. The number of nitrogens with one attached hydrogen (secondary N) is 1. The summed E-state index contributed by atoms with van der Waals surface area (Å²) < 4.78 is 14.8. The molecule has 0 bridgehead atoms. The molecule has 8 heteroatoms. The third-order valence-corrected chi connectivity index (χ3v) is 6.46. The maximum atomic E-state index is 14.8. The standard InChI is InChI=1S/C19H24FN5OS/c1-11-15(27-10-23-11)9-22-12-6-7-14(20)13(8-12)19(4)18(2,3)16(26)25(5)17(21)24-19/h6-8,10,22H,9H2,1-5H3,(H2,21,24). The van der Waals surface area contributed by atoms with Crippen molar-refractivity contribution in [1.82, 2.24) is 9.88 Å². The first kappa shape index (κ1) is 19.3. The molecule has 144 valence electrons. The lowest BCUT2D eigenvalue weighted by atomic mass is 9.67. The van der Waals surface area contributed by atoms with Gasteiger partial charge in [-0.1, -0.05) is 0 Å². The molecule has 3 rings (SSSR count). The fraction of sp³-hybridized carbons (Fsp3) is 0.421. The number of aryl methyl sites for hydroxylation is 1. The second-order valence-electron chi connectivity index (χ2n) is 7.44. The van der Waals surface area contributed by atoms with Crippen LogP contribution < -0.4 is 11.1 Å². The van der Waals surface area contributed by atoms with Gasteiger partial charge in [0.1, 0.15) is 11.4 Å². The van der Waals surface area contributed by atoms with Crippen molar-refractivity contribution in [2.75, 3.05) is 12.4 Å². The average molecular weight is 390 g/mol. The molecule has 1 aliphatic heterocycles. The maximum absolute atomic E-state index is 14.8. The van der Waals surface area contributed by atoms with Crippen molar-refractivity contribution in [3.8, 4) is 0 Å². The van der Waals surface area contributed by atoms with Gasteiger partial charge in [0.15, 0.2) is 5.96 Å². The average Bonchev–Trinajstić information content (AvgIpc) is 3.03. The molecular formula is C19H24FN5OS. The Kier molecular flexibility index (Phi) is 4.71. The van der Waals surface area contributed by atoms with Crippen LogP contribution in [-0.4, -0.2) is 28.8 Å². The van der Waals surface area contributed by atoms with E-state index in [0.29, 0.717) is 12.1 Å². The number of hydrogen-bond acceptors (Lipinski definition) is 6. The highest BCUT2D eigenvalue weighted by molar-refractivity contribution is 7.09. The van der Waals surface area contributed by atoms with Gasteiger partial charge in [0.2, 0.25) is 5.91 Å². The molecule has 1 atom stereocenters. The summed E-state index contributed by atoms with van der Waals surface area (Å²) in [6, 6.07) is 4.78. The van der Waals surface area contributed by atoms with Gasteiger partial charge in [-0.05, 0) is 45.9 Å². The smallest absolute Gasteiger partial charge is 0.237 e. The van der Waals surface area contributed by atoms with Crippen molar-refractivity contribution >= 4 is 28.9 Å². The normalized spacial score (nSPS) is 21.9. The SMILES string of the molecule is Cc1ncsc1CNc1ccc(F)c(C2(C)N=C(N)N(C)C(=O)C2(C)C)c1. The molecule has 6 nitrogen and oxygen atoms in total. The van der Waals surface area contributed by atoms with Crippen molar-refractivity contribution < 1.29 is 9.18 Å². The van der Waals surface area contributed by atoms with E-state index in [1.165, 1.54) is 11.0 Å². The first-order chi connectivity index (χ1) is 12.6. The molecule has 2 aromatic rings. The summed E-state index contributed by atoms with van der Waals surface area (Å²) in [5.41, 5.74) is 7.71. The summed E-state index contributed by atoms with van der Waals surface area (Å²) in [6.45, 7) is 7.83. The van der Waals surface area contributed by atoms with E-state index in [1.807, 2.05) is 6.92 Å². The number of aliphatic imine (C=N–C) groups is 1. The number of carbonyl (C=O) groups excluding carboxylic acids is 1. The van der Waals surface area contributed by atoms with Crippen LogP contribution in [0.2, 0.25) is 0 Å². The highest BCUT2D eigenvalue weighted by atomic mass is 32.1. The first-order valence-electron chi connectivity index (χ1n) is 8.64. The Morgan fingerprint density at radius 1 is 1.33 bits per heavy atom. The Labute approximate surface area is 162 Å². The quantitative estimate of drug-likeness (QED) is 0.841. The number of aromatic nitrogens is 1. The van der Waals surface area contributed by atoms with Crippen molar-refractivity contribution in [3.63, 3.8) is 0 Å². The minimum absolute atomic E-state index is 0.0832. The van der Waals surface area contributed by atoms with Crippen LogP contribution in [0.25, 0.3) is 0 Å². The second kappa shape index (κ2) is 6.60. The number of nitrogens with zero attached hydrogens (tertiary/aromatic N) is 3. The molecule has 0 spiro atoms. The molecule has 0 saturated heterocycles. The summed E-state index contributed by atoms with van der Waals surface area (Å²) >= 11 is 1.57. The van der Waals surface area contributed by atoms with Crippen LogP contribution in [0.5, 0.6) is 0 Å². The first-order valence-corrected chi connectivity index (χ1v) is 9.52. The Morgan fingerprint density at radius 2 is 2.04 bits per heavy atom. The van der Waals surface area contributed by atoms with Crippen molar-refractivity contribution in [3.05, 3.63) is 45.7 Å². The lowest BCUT2D eigenvalue weighted by Crippen LogP contribution is -2.58. The van der Waals surface area contributed by atoms with E-state index in [2.05, 4.69) is 15.3 Å². The Hall–Kier alpha value is -2.48. The van der Waals surface area contributed by atoms with Gasteiger partial charge in [-0.2, -0.15) is 0 Å². The minimum Gasteiger partial charge on any atom is -0.380 e. The molecule has 0 fully saturated rings. The van der Waals surface area contributed by atoms with E-state index in [0.717, 1.165) is 16.3 Å². The lowest BCUT2D eigenvalue weighted by Gasteiger charge is -2.46. The summed E-state index contributed by atoms with van der Waals surface area (Å²) in [7, 11) is 1.58. The maximum Gasteiger partial charge on any atom is 0.237 e. The number of amides is 1. The molecule has 0 radical (unpaired) electrons. The van der Waals surface area contributed by atoms with Crippen LogP contribution in [0.3, 0.4) is 0 Å². The van der Waals surface area contributed by atoms with Gasteiger partial charge in [-0.15, -0.1) is 11.3 Å². The zero-order valence-electron chi connectivity index (χ0n) is 16.1. The zero-order valence-corrected chi connectivity index (χ0v) is 16.9. The van der Waals surface area contributed by atoms with Crippen molar-refractivity contribution in [1.29, 1.82) is 0 Å². The van der Waals surface area contributed by atoms with Gasteiger partial charge in [-0.3, -0.25) is 9.69 Å². The monoisotopic (exact) mass is 389 g/mol. The summed E-state index contributed by atoms with van der Waals surface area (Å²) in [4.78, 5) is 24.0. The Balaban J connectivity index is 2.00. The fourth-order valence-corrected chi connectivity index (χ4v) is 3.98. The van der Waals surface area contributed by atoms with Gasteiger partial charge in [-0.25, -0.2) is 14.4 Å². The van der Waals surface area contributed by atoms with Gasteiger partial charge in [0.25, 0.3) is 0 Å². The molecule has 1 aromatic heterocycles. The number of anilines is 1. The molecule has 0 saturated carbocycles.